The van der Waals surface area contributed by atoms with Crippen LogP contribution in [0.1, 0.15) is 23.8 Å². The highest BCUT2D eigenvalue weighted by Crippen LogP contribution is 2.28. The van der Waals surface area contributed by atoms with Crippen LogP contribution in [0.2, 0.25) is 0 Å². The molecule has 0 aliphatic rings. The van der Waals surface area contributed by atoms with Crippen molar-refractivity contribution in [1.82, 2.24) is 0 Å². The second-order valence-corrected chi connectivity index (χ2v) is 3.82. The number of ether oxygens (including phenoxy) is 1. The van der Waals surface area contributed by atoms with Gasteiger partial charge in [-0.05, 0) is 24.1 Å². The Bertz CT molecular complexity index is 381. The summed E-state index contributed by atoms with van der Waals surface area (Å²) in [7, 11) is 1.38. The van der Waals surface area contributed by atoms with Crippen LogP contribution in [0.3, 0.4) is 0 Å². The lowest BCUT2D eigenvalue weighted by atomic mass is 10.1. The van der Waals surface area contributed by atoms with Crippen LogP contribution in [0, 0.1) is 5.82 Å². The topological polar surface area (TPSA) is 46.5 Å². The first-order chi connectivity index (χ1) is 7.54. The molecule has 1 aromatic carbocycles. The van der Waals surface area contributed by atoms with Crippen molar-refractivity contribution < 1.29 is 19.0 Å². The van der Waals surface area contributed by atoms with E-state index >= 15 is 0 Å². The Labute approximate surface area is 97.8 Å². The van der Waals surface area contributed by atoms with Crippen LogP contribution >= 0.6 is 11.6 Å². The average molecular weight is 247 g/mol. The molecule has 0 aliphatic carbocycles. The van der Waals surface area contributed by atoms with Gasteiger partial charge in [-0.3, -0.25) is 4.79 Å². The Morgan fingerprint density at radius 2 is 2.31 bits per heavy atom. The number of hydrogen-bond acceptors (Lipinski definition) is 2. The predicted octanol–water partition coefficient (Wildman–Crippen LogP) is 2.98. The molecule has 0 amide bonds. The summed E-state index contributed by atoms with van der Waals surface area (Å²) in [4.78, 5) is 10.3. The zero-order valence-corrected chi connectivity index (χ0v) is 9.50. The van der Waals surface area contributed by atoms with Gasteiger partial charge in [0.25, 0.3) is 0 Å². The summed E-state index contributed by atoms with van der Waals surface area (Å²) >= 11 is 5.95. The maximum Gasteiger partial charge on any atom is 0.303 e. The van der Waals surface area contributed by atoms with Crippen molar-refractivity contribution in [2.24, 2.45) is 0 Å². The maximum absolute atomic E-state index is 13.3. The third-order valence-corrected chi connectivity index (χ3v) is 2.62. The first kappa shape index (κ1) is 12.8. The third-order valence-electron chi connectivity index (χ3n) is 2.15. The molecule has 0 saturated heterocycles. The van der Waals surface area contributed by atoms with Gasteiger partial charge in [0.15, 0.2) is 11.6 Å². The van der Waals surface area contributed by atoms with E-state index in [0.29, 0.717) is 5.56 Å². The van der Waals surface area contributed by atoms with Gasteiger partial charge in [-0.25, -0.2) is 4.39 Å². The lowest BCUT2D eigenvalue weighted by Crippen LogP contribution is -1.99. The summed E-state index contributed by atoms with van der Waals surface area (Å²) in [6.07, 6.45) is 0.227. The van der Waals surface area contributed by atoms with Gasteiger partial charge in [0.2, 0.25) is 0 Å². The van der Waals surface area contributed by atoms with Crippen LogP contribution in [0.4, 0.5) is 4.39 Å². The van der Waals surface area contributed by atoms with Gasteiger partial charge >= 0.3 is 5.97 Å². The number of methoxy groups -OCH3 is 1. The van der Waals surface area contributed by atoms with Gasteiger partial charge < -0.3 is 9.84 Å². The summed E-state index contributed by atoms with van der Waals surface area (Å²) in [5, 5.41) is 7.99. The monoisotopic (exact) mass is 246 g/mol. The van der Waals surface area contributed by atoms with Gasteiger partial charge in [-0.1, -0.05) is 6.07 Å². The van der Waals surface area contributed by atoms with Crippen molar-refractivity contribution in [2.45, 2.75) is 18.2 Å². The molecule has 0 radical (unpaired) electrons. The van der Waals surface area contributed by atoms with Crippen molar-refractivity contribution in [1.29, 1.82) is 0 Å². The van der Waals surface area contributed by atoms with E-state index in [9.17, 15) is 9.18 Å². The summed E-state index contributed by atoms with van der Waals surface area (Å²) in [5.41, 5.74) is 0.557. The summed E-state index contributed by atoms with van der Waals surface area (Å²) in [6, 6.07) is 4.36. The van der Waals surface area contributed by atoms with E-state index in [0.717, 1.165) is 0 Å². The number of carbonyl (C=O) groups is 1. The van der Waals surface area contributed by atoms with Gasteiger partial charge in [-0.2, -0.15) is 0 Å². The number of benzene rings is 1. The third kappa shape index (κ3) is 3.38. The summed E-state index contributed by atoms with van der Waals surface area (Å²) in [5.74, 6) is -1.27. The van der Waals surface area contributed by atoms with Gasteiger partial charge in [-0.15, -0.1) is 11.6 Å². The fourth-order valence-corrected chi connectivity index (χ4v) is 1.54. The van der Waals surface area contributed by atoms with Crippen molar-refractivity contribution in [2.75, 3.05) is 7.11 Å². The van der Waals surface area contributed by atoms with Crippen LogP contribution in [0.5, 0.6) is 5.75 Å². The second-order valence-electron chi connectivity index (χ2n) is 3.29. The van der Waals surface area contributed by atoms with Crippen molar-refractivity contribution in [3.8, 4) is 5.75 Å². The molecule has 0 aromatic heterocycles. The van der Waals surface area contributed by atoms with Gasteiger partial charge in [0.1, 0.15) is 0 Å². The fourth-order valence-electron chi connectivity index (χ4n) is 1.29. The molecule has 1 unspecified atom stereocenters. The minimum absolute atomic E-state index is 0.0399. The molecule has 0 bridgehead atoms. The molecule has 1 rings (SSSR count). The Balaban J connectivity index is 2.72. The number of hydrogen-bond donors (Lipinski definition) is 1. The SMILES string of the molecule is COc1ccc(C(Cl)CCC(=O)O)cc1F. The van der Waals surface area contributed by atoms with E-state index in [1.165, 1.54) is 19.2 Å². The number of carboxylic acids is 1. The molecule has 0 aliphatic heterocycles. The van der Waals surface area contributed by atoms with Crippen LogP contribution < -0.4 is 4.74 Å². The molecule has 3 nitrogen and oxygen atoms in total. The Kier molecular flexibility index (Phi) is 4.55. The lowest BCUT2D eigenvalue weighted by molar-refractivity contribution is -0.137. The number of carboxylic acid groups (broad SMARTS) is 1. The highest BCUT2D eigenvalue weighted by atomic mass is 35.5. The Hall–Kier alpha value is -1.29. The van der Waals surface area contributed by atoms with E-state index in [-0.39, 0.29) is 18.6 Å². The van der Waals surface area contributed by atoms with E-state index in [1.54, 1.807) is 6.07 Å². The molecule has 0 spiro atoms. The van der Waals surface area contributed by atoms with Crippen LogP contribution in [0.25, 0.3) is 0 Å². The number of halogens is 2. The molecule has 0 heterocycles. The second kappa shape index (κ2) is 5.70. The first-order valence-corrected chi connectivity index (χ1v) is 5.17. The number of aliphatic carboxylic acids is 1. The molecular weight excluding hydrogens is 235 g/mol. The fraction of sp³-hybridized carbons (Fsp3) is 0.364. The minimum atomic E-state index is -0.917. The zero-order valence-electron chi connectivity index (χ0n) is 8.74. The molecule has 1 atom stereocenters. The van der Waals surface area contributed by atoms with Crippen LogP contribution in [0.15, 0.2) is 18.2 Å². The molecule has 0 fully saturated rings. The summed E-state index contributed by atoms with van der Waals surface area (Å²) < 4.78 is 18.1. The van der Waals surface area contributed by atoms with E-state index in [4.69, 9.17) is 21.4 Å². The van der Waals surface area contributed by atoms with Crippen molar-refractivity contribution in [3.05, 3.63) is 29.6 Å². The molecular formula is C11H12ClFO3. The van der Waals surface area contributed by atoms with Crippen LogP contribution in [-0.2, 0) is 4.79 Å². The Morgan fingerprint density at radius 1 is 1.62 bits per heavy atom. The van der Waals surface area contributed by atoms with Gasteiger partial charge in [0.05, 0.1) is 12.5 Å². The number of rotatable bonds is 5. The molecule has 1 aromatic rings. The number of alkyl halides is 1. The zero-order chi connectivity index (χ0) is 12.1. The molecule has 0 saturated carbocycles. The predicted molar refractivity (Wildman–Crippen MR) is 58.4 cm³/mol. The minimum Gasteiger partial charge on any atom is -0.494 e. The van der Waals surface area contributed by atoms with Crippen molar-refractivity contribution in [3.63, 3.8) is 0 Å². The van der Waals surface area contributed by atoms with Crippen LogP contribution in [-0.4, -0.2) is 18.2 Å². The average Bonchev–Trinajstić information content (AvgIpc) is 2.25. The molecule has 1 N–H and O–H groups in total. The van der Waals surface area contributed by atoms with Gasteiger partial charge in [0, 0.05) is 6.42 Å². The highest BCUT2D eigenvalue weighted by Gasteiger charge is 2.12. The Morgan fingerprint density at radius 3 is 2.81 bits per heavy atom. The van der Waals surface area contributed by atoms with E-state index in [1.807, 2.05) is 0 Å². The first-order valence-electron chi connectivity index (χ1n) is 4.74. The smallest absolute Gasteiger partial charge is 0.303 e. The standard InChI is InChI=1S/C11H12ClFO3/c1-16-10-4-2-7(6-9(10)13)8(12)3-5-11(14)15/h2,4,6,8H,3,5H2,1H3,(H,14,15). The maximum atomic E-state index is 13.3. The summed E-state index contributed by atoms with van der Waals surface area (Å²) in [6.45, 7) is 0. The molecule has 16 heavy (non-hydrogen) atoms. The van der Waals surface area contributed by atoms with E-state index in [2.05, 4.69) is 0 Å². The normalized spacial score (nSPS) is 12.2. The largest absolute Gasteiger partial charge is 0.494 e. The van der Waals surface area contributed by atoms with E-state index < -0.39 is 17.2 Å². The molecule has 88 valence electrons. The lowest BCUT2D eigenvalue weighted by Gasteiger charge is -2.09. The molecule has 5 heteroatoms. The van der Waals surface area contributed by atoms with Crippen molar-refractivity contribution >= 4 is 17.6 Å². The quantitative estimate of drug-likeness (QED) is 0.813. The highest BCUT2D eigenvalue weighted by molar-refractivity contribution is 6.20.